The molecule has 0 aliphatic carbocycles. The topological polar surface area (TPSA) is 69.1 Å². The molecule has 1 aromatic heterocycles. The Bertz CT molecular complexity index is 1120. The van der Waals surface area contributed by atoms with Crippen molar-refractivity contribution >= 4 is 11.6 Å². The predicted molar refractivity (Wildman–Crippen MR) is 114 cm³/mol. The van der Waals surface area contributed by atoms with Crippen molar-refractivity contribution in [3.05, 3.63) is 74.5 Å². The summed E-state index contributed by atoms with van der Waals surface area (Å²) in [7, 11) is 0. The van der Waals surface area contributed by atoms with Gasteiger partial charge in [-0.05, 0) is 24.3 Å². The predicted octanol–water partition coefficient (Wildman–Crippen LogP) is 6.03. The number of alkyl halides is 2. The Kier molecular flexibility index (Phi) is 7.35. The minimum atomic E-state index is -3.07. The smallest absolute Gasteiger partial charge is 0.387 e. The monoisotopic (exact) mass is 450 g/mol. The number of hydrogen-bond donors (Lipinski definition) is 1. The number of H-pyrrole nitrogens is 1. The fourth-order valence-corrected chi connectivity index (χ4v) is 3.11. The summed E-state index contributed by atoms with van der Waals surface area (Å²) in [5.41, 5.74) is 0.834. The van der Waals surface area contributed by atoms with Crippen molar-refractivity contribution in [3.63, 3.8) is 0 Å². The first-order chi connectivity index (χ1) is 14.7. The second-order valence-electron chi connectivity index (χ2n) is 7.27. The van der Waals surface area contributed by atoms with Gasteiger partial charge in [-0.2, -0.15) is 8.78 Å². The van der Waals surface area contributed by atoms with Crippen LogP contribution in [0.4, 0.5) is 13.2 Å². The highest BCUT2D eigenvalue weighted by Gasteiger charge is 2.14. The summed E-state index contributed by atoms with van der Waals surface area (Å²) in [6.45, 7) is 2.26. The normalized spacial score (nSPS) is 11.4. The van der Waals surface area contributed by atoms with Gasteiger partial charge in [-0.1, -0.05) is 43.0 Å². The van der Waals surface area contributed by atoms with Gasteiger partial charge in [0.25, 0.3) is 5.56 Å². The van der Waals surface area contributed by atoms with E-state index in [1.165, 1.54) is 12.1 Å². The van der Waals surface area contributed by atoms with E-state index >= 15 is 0 Å². The zero-order valence-electron chi connectivity index (χ0n) is 16.8. The van der Waals surface area contributed by atoms with Crippen LogP contribution >= 0.6 is 11.6 Å². The van der Waals surface area contributed by atoms with Crippen molar-refractivity contribution in [3.8, 4) is 28.4 Å². The SMILES string of the molecule is CC(C)C[N-]Cc1ccc(Cl)c(-c2nc(-c3ccc(OC(F)F)cc3F)cc(=O)[nH]2)c1. The number of aromatic amines is 1. The van der Waals surface area contributed by atoms with E-state index in [0.717, 1.165) is 17.7 Å². The molecule has 0 unspecified atom stereocenters. The third-order valence-electron chi connectivity index (χ3n) is 4.26. The molecule has 0 radical (unpaired) electrons. The van der Waals surface area contributed by atoms with Crippen LogP contribution in [0, 0.1) is 11.7 Å². The van der Waals surface area contributed by atoms with Crippen LogP contribution in [0.15, 0.2) is 47.3 Å². The number of nitrogens with one attached hydrogen (secondary N) is 1. The van der Waals surface area contributed by atoms with Gasteiger partial charge in [0.05, 0.1) is 10.7 Å². The maximum absolute atomic E-state index is 14.5. The van der Waals surface area contributed by atoms with E-state index in [-0.39, 0.29) is 22.8 Å². The number of hydrogen-bond acceptors (Lipinski definition) is 3. The average molecular weight is 451 g/mol. The summed E-state index contributed by atoms with van der Waals surface area (Å²) < 4.78 is 43.3. The van der Waals surface area contributed by atoms with Gasteiger partial charge < -0.3 is 15.0 Å². The summed E-state index contributed by atoms with van der Waals surface area (Å²) in [6.07, 6.45) is 0. The van der Waals surface area contributed by atoms with Crippen LogP contribution in [0.3, 0.4) is 0 Å². The molecule has 0 spiro atoms. The van der Waals surface area contributed by atoms with Crippen LogP contribution in [-0.2, 0) is 6.54 Å². The maximum Gasteiger partial charge on any atom is 0.387 e. The molecule has 0 aliphatic heterocycles. The van der Waals surface area contributed by atoms with E-state index < -0.39 is 18.0 Å². The van der Waals surface area contributed by atoms with Gasteiger partial charge in [-0.3, -0.25) is 4.79 Å². The van der Waals surface area contributed by atoms with Gasteiger partial charge in [0.15, 0.2) is 0 Å². The number of halogens is 4. The van der Waals surface area contributed by atoms with E-state index in [2.05, 4.69) is 33.9 Å². The van der Waals surface area contributed by atoms with Crippen molar-refractivity contribution < 1.29 is 17.9 Å². The largest absolute Gasteiger partial charge is 0.658 e. The second kappa shape index (κ2) is 9.98. The molecule has 31 heavy (non-hydrogen) atoms. The highest BCUT2D eigenvalue weighted by Crippen LogP contribution is 2.30. The minimum Gasteiger partial charge on any atom is -0.658 e. The molecule has 9 heteroatoms. The first kappa shape index (κ1) is 22.8. The Labute approximate surface area is 182 Å². The molecule has 1 heterocycles. The lowest BCUT2D eigenvalue weighted by Gasteiger charge is -2.22. The first-order valence-corrected chi connectivity index (χ1v) is 9.89. The molecule has 0 atom stereocenters. The molecule has 0 amide bonds. The van der Waals surface area contributed by atoms with Gasteiger partial charge in [-0.25, -0.2) is 9.37 Å². The van der Waals surface area contributed by atoms with Crippen molar-refractivity contribution in [2.45, 2.75) is 27.0 Å². The molecule has 3 rings (SSSR count). The number of ether oxygens (including phenoxy) is 1. The molecule has 164 valence electrons. The van der Waals surface area contributed by atoms with Crippen LogP contribution in [-0.4, -0.2) is 23.1 Å². The van der Waals surface area contributed by atoms with Crippen LogP contribution in [0.25, 0.3) is 28.0 Å². The summed E-state index contributed by atoms with van der Waals surface area (Å²) in [5.74, 6) is -0.587. The van der Waals surface area contributed by atoms with Gasteiger partial charge >= 0.3 is 6.61 Å². The van der Waals surface area contributed by atoms with Crippen molar-refractivity contribution in [2.75, 3.05) is 6.54 Å². The van der Waals surface area contributed by atoms with Crippen molar-refractivity contribution in [1.82, 2.24) is 9.97 Å². The summed E-state index contributed by atoms with van der Waals surface area (Å²) in [5, 5.41) is 4.83. The van der Waals surface area contributed by atoms with E-state index in [0.29, 0.717) is 29.6 Å². The average Bonchev–Trinajstić information content (AvgIpc) is 2.68. The Morgan fingerprint density at radius 3 is 2.58 bits per heavy atom. The minimum absolute atomic E-state index is 0.0332. The summed E-state index contributed by atoms with van der Waals surface area (Å²) in [4.78, 5) is 19.2. The highest BCUT2D eigenvalue weighted by molar-refractivity contribution is 6.33. The highest BCUT2D eigenvalue weighted by atomic mass is 35.5. The number of aromatic nitrogens is 2. The van der Waals surface area contributed by atoms with E-state index in [1.54, 1.807) is 12.1 Å². The quantitative estimate of drug-likeness (QED) is 0.455. The Balaban J connectivity index is 1.96. The molecule has 0 fully saturated rings. The van der Waals surface area contributed by atoms with Crippen molar-refractivity contribution in [2.24, 2.45) is 5.92 Å². The molecular weight excluding hydrogens is 431 g/mol. The number of rotatable bonds is 8. The van der Waals surface area contributed by atoms with Gasteiger partial charge in [0.2, 0.25) is 0 Å². The standard InChI is InChI=1S/C22H20ClF3N3O2/c1-12(2)10-27-11-13-3-6-17(23)16(7-13)21-28-19(9-20(30)29-21)15-5-4-14(8-18(15)24)31-22(25)26/h3-9,12,22H,10-11H2,1-2H3,(H,28,29,30)/q-1. The van der Waals surface area contributed by atoms with Crippen molar-refractivity contribution in [1.29, 1.82) is 0 Å². The van der Waals surface area contributed by atoms with Crippen LogP contribution in [0.1, 0.15) is 19.4 Å². The third kappa shape index (κ3) is 6.08. The van der Waals surface area contributed by atoms with E-state index in [9.17, 15) is 18.0 Å². The molecule has 2 aromatic carbocycles. The van der Waals surface area contributed by atoms with Crippen LogP contribution < -0.4 is 10.3 Å². The lowest BCUT2D eigenvalue weighted by atomic mass is 10.1. The molecule has 5 nitrogen and oxygen atoms in total. The molecular formula is C22H20ClF3N3O2-. The van der Waals surface area contributed by atoms with Gasteiger partial charge in [0.1, 0.15) is 17.4 Å². The van der Waals surface area contributed by atoms with Crippen LogP contribution in [0.2, 0.25) is 5.02 Å². The Morgan fingerprint density at radius 2 is 1.90 bits per heavy atom. The summed E-state index contributed by atoms with van der Waals surface area (Å²) in [6, 6.07) is 9.61. The molecule has 0 aliphatic rings. The zero-order chi connectivity index (χ0) is 22.5. The second-order valence-corrected chi connectivity index (χ2v) is 7.68. The lowest BCUT2D eigenvalue weighted by Crippen LogP contribution is -2.09. The number of nitrogens with zero attached hydrogens (tertiary/aromatic N) is 2. The fraction of sp³-hybridized carbons (Fsp3) is 0.273. The molecule has 0 saturated carbocycles. The lowest BCUT2D eigenvalue weighted by molar-refractivity contribution is -0.0499. The van der Waals surface area contributed by atoms with E-state index in [1.807, 2.05) is 6.07 Å². The zero-order valence-corrected chi connectivity index (χ0v) is 17.6. The van der Waals surface area contributed by atoms with Crippen LogP contribution in [0.5, 0.6) is 5.75 Å². The number of benzene rings is 2. The molecule has 3 aromatic rings. The maximum atomic E-state index is 14.5. The Hall–Kier alpha value is -2.84. The third-order valence-corrected chi connectivity index (χ3v) is 4.59. The summed E-state index contributed by atoms with van der Waals surface area (Å²) >= 11 is 6.31. The fourth-order valence-electron chi connectivity index (χ4n) is 2.91. The van der Waals surface area contributed by atoms with E-state index in [4.69, 9.17) is 11.6 Å². The van der Waals surface area contributed by atoms with Gasteiger partial charge in [0, 0.05) is 23.3 Å². The molecule has 0 bridgehead atoms. The first-order valence-electron chi connectivity index (χ1n) is 9.51. The molecule has 1 N–H and O–H groups in total. The Morgan fingerprint density at radius 1 is 1.13 bits per heavy atom. The molecule has 0 saturated heterocycles. The van der Waals surface area contributed by atoms with Gasteiger partial charge in [-0.15, -0.1) is 13.1 Å².